The first-order valence-electron chi connectivity index (χ1n) is 12.1. The molecule has 2 N–H and O–H groups in total. The van der Waals surface area contributed by atoms with Crippen LogP contribution in [0.15, 0.2) is 65.8 Å². The van der Waals surface area contributed by atoms with E-state index >= 15 is 0 Å². The second-order valence-electron chi connectivity index (χ2n) is 8.34. The van der Waals surface area contributed by atoms with Crippen LogP contribution < -0.4 is 25.0 Å². The summed E-state index contributed by atoms with van der Waals surface area (Å²) < 4.78 is 16.3. The van der Waals surface area contributed by atoms with Gasteiger partial charge in [-0.2, -0.15) is 5.10 Å². The number of nitrogens with zero attached hydrogens (tertiary/aromatic N) is 1. The van der Waals surface area contributed by atoms with Crippen molar-refractivity contribution in [3.8, 4) is 17.2 Å². The number of ether oxygens (including phenoxy) is 3. The maximum Gasteiger partial charge on any atom is 0.311 e. The molecule has 0 aromatic heterocycles. The maximum atomic E-state index is 12.1. The Hall–Kier alpha value is -3.79. The zero-order chi connectivity index (χ0) is 28.9. The first kappa shape index (κ1) is 30.7. The Balaban J connectivity index is 1.30. The minimum absolute atomic E-state index is 0.157. The largest absolute Gasteiger partial charge is 0.492 e. The fraction of sp³-hybridized carbons (Fsp3) is 0.214. The van der Waals surface area contributed by atoms with Gasteiger partial charge in [0.1, 0.15) is 17.2 Å². The van der Waals surface area contributed by atoms with Crippen molar-refractivity contribution in [2.75, 3.05) is 19.8 Å². The molecule has 0 spiro atoms. The zero-order valence-electron chi connectivity index (χ0n) is 21.4. The number of halogens is 3. The third kappa shape index (κ3) is 10.8. The van der Waals surface area contributed by atoms with Crippen LogP contribution in [0.4, 0.5) is 0 Å². The van der Waals surface area contributed by atoms with Gasteiger partial charge in [-0.05, 0) is 85.1 Å². The Morgan fingerprint density at radius 3 is 2.27 bits per heavy atom. The van der Waals surface area contributed by atoms with Crippen molar-refractivity contribution in [1.82, 2.24) is 10.7 Å². The molecule has 0 fully saturated rings. The van der Waals surface area contributed by atoms with E-state index in [4.69, 9.17) is 49.0 Å². The van der Waals surface area contributed by atoms with Crippen molar-refractivity contribution in [2.24, 2.45) is 5.10 Å². The highest BCUT2D eigenvalue weighted by Crippen LogP contribution is 2.27. The number of amides is 2. The van der Waals surface area contributed by atoms with Crippen LogP contribution in [0, 0.1) is 6.92 Å². The molecule has 0 saturated heterocycles. The Kier molecular flexibility index (Phi) is 12.1. The topological polar surface area (TPSA) is 115 Å². The van der Waals surface area contributed by atoms with E-state index in [0.29, 0.717) is 44.3 Å². The van der Waals surface area contributed by atoms with Gasteiger partial charge in [-0.1, -0.05) is 34.8 Å². The minimum Gasteiger partial charge on any atom is -0.492 e. The number of rotatable bonds is 13. The predicted molar refractivity (Wildman–Crippen MR) is 154 cm³/mol. The number of hydrogen-bond acceptors (Lipinski definition) is 7. The summed E-state index contributed by atoms with van der Waals surface area (Å²) in [4.78, 5) is 35.9. The summed E-state index contributed by atoms with van der Waals surface area (Å²) in [6, 6.07) is 16.5. The average molecular weight is 607 g/mol. The van der Waals surface area contributed by atoms with Gasteiger partial charge in [-0.25, -0.2) is 5.43 Å². The summed E-state index contributed by atoms with van der Waals surface area (Å²) in [5.41, 5.74) is 3.77. The Bertz CT molecular complexity index is 1370. The minimum atomic E-state index is -0.514. The third-order valence-corrected chi connectivity index (χ3v) is 5.90. The standard InChI is InChI=1S/C28H26Cl3N3O6/c1-18-13-20(29)6-10-24(18)39-17-27(36)32-16-26(35)34-33-15-19-4-8-22(9-5-19)40-28(37)3-2-12-38-25-11-7-21(30)14-23(25)31/h4-11,13-15H,2-3,12,16-17H2,1H3,(H,32,36)(H,34,35). The molecule has 0 aliphatic rings. The SMILES string of the molecule is Cc1cc(Cl)ccc1OCC(=O)NCC(=O)NN=Cc1ccc(OC(=O)CCCOc2ccc(Cl)cc2Cl)cc1. The molecule has 12 heteroatoms. The fourth-order valence-electron chi connectivity index (χ4n) is 3.16. The highest BCUT2D eigenvalue weighted by Gasteiger charge is 2.09. The second-order valence-corrected chi connectivity index (χ2v) is 9.62. The molecule has 210 valence electrons. The van der Waals surface area contributed by atoms with Crippen molar-refractivity contribution in [1.29, 1.82) is 0 Å². The average Bonchev–Trinajstić information content (AvgIpc) is 2.91. The Morgan fingerprint density at radius 2 is 1.57 bits per heavy atom. The van der Waals surface area contributed by atoms with Crippen LogP contribution in [0.5, 0.6) is 17.2 Å². The van der Waals surface area contributed by atoms with Gasteiger partial charge in [-0.3, -0.25) is 14.4 Å². The first-order valence-corrected chi connectivity index (χ1v) is 13.2. The molecule has 3 aromatic rings. The summed E-state index contributed by atoms with van der Waals surface area (Å²) in [5.74, 6) is 0.00606. The Morgan fingerprint density at radius 1 is 0.875 bits per heavy atom. The lowest BCUT2D eigenvalue weighted by Crippen LogP contribution is -2.37. The van der Waals surface area contributed by atoms with Gasteiger partial charge >= 0.3 is 5.97 Å². The van der Waals surface area contributed by atoms with Crippen LogP contribution in [0.3, 0.4) is 0 Å². The van der Waals surface area contributed by atoms with Crippen LogP contribution in [0.2, 0.25) is 15.1 Å². The molecule has 0 heterocycles. The van der Waals surface area contributed by atoms with E-state index in [1.165, 1.54) is 6.21 Å². The highest BCUT2D eigenvalue weighted by molar-refractivity contribution is 6.35. The molecule has 0 radical (unpaired) electrons. The molecular formula is C28H26Cl3N3O6. The summed E-state index contributed by atoms with van der Waals surface area (Å²) >= 11 is 17.8. The van der Waals surface area contributed by atoms with Crippen molar-refractivity contribution < 1.29 is 28.6 Å². The summed E-state index contributed by atoms with van der Waals surface area (Å²) in [6.07, 6.45) is 2.01. The maximum absolute atomic E-state index is 12.1. The Labute approximate surface area is 246 Å². The van der Waals surface area contributed by atoms with Gasteiger partial charge in [-0.15, -0.1) is 0 Å². The van der Waals surface area contributed by atoms with Gasteiger partial charge < -0.3 is 19.5 Å². The van der Waals surface area contributed by atoms with Crippen LogP contribution in [0.25, 0.3) is 0 Å². The zero-order valence-corrected chi connectivity index (χ0v) is 23.7. The van der Waals surface area contributed by atoms with Gasteiger partial charge in [0.15, 0.2) is 6.61 Å². The predicted octanol–water partition coefficient (Wildman–Crippen LogP) is 5.37. The summed E-state index contributed by atoms with van der Waals surface area (Å²) in [7, 11) is 0. The number of carbonyl (C=O) groups excluding carboxylic acids is 3. The van der Waals surface area contributed by atoms with Crippen LogP contribution in [-0.4, -0.2) is 43.8 Å². The molecule has 3 aromatic carbocycles. The van der Waals surface area contributed by atoms with E-state index in [2.05, 4.69) is 15.8 Å². The molecule has 40 heavy (non-hydrogen) atoms. The second kappa shape index (κ2) is 15.7. The van der Waals surface area contributed by atoms with Gasteiger partial charge in [0.05, 0.1) is 24.4 Å². The number of benzene rings is 3. The fourth-order valence-corrected chi connectivity index (χ4v) is 3.85. The summed E-state index contributed by atoms with van der Waals surface area (Å²) in [5, 5.41) is 7.78. The summed E-state index contributed by atoms with van der Waals surface area (Å²) in [6.45, 7) is 1.58. The van der Waals surface area contributed by atoms with Crippen molar-refractivity contribution in [3.63, 3.8) is 0 Å². The van der Waals surface area contributed by atoms with Crippen LogP contribution in [0.1, 0.15) is 24.0 Å². The van der Waals surface area contributed by atoms with E-state index < -0.39 is 17.8 Å². The molecule has 0 bridgehead atoms. The quantitative estimate of drug-likeness (QED) is 0.0890. The molecule has 0 aliphatic heterocycles. The van der Waals surface area contributed by atoms with Crippen molar-refractivity contribution in [3.05, 3.63) is 86.9 Å². The molecule has 0 unspecified atom stereocenters. The smallest absolute Gasteiger partial charge is 0.311 e. The molecule has 2 amide bonds. The first-order chi connectivity index (χ1) is 19.2. The van der Waals surface area contributed by atoms with Gasteiger partial charge in [0.2, 0.25) is 0 Å². The van der Waals surface area contributed by atoms with E-state index in [9.17, 15) is 14.4 Å². The van der Waals surface area contributed by atoms with E-state index in [-0.39, 0.29) is 26.2 Å². The van der Waals surface area contributed by atoms with Crippen LogP contribution >= 0.6 is 34.8 Å². The van der Waals surface area contributed by atoms with E-state index in [1.54, 1.807) is 60.7 Å². The molecule has 0 atom stereocenters. The highest BCUT2D eigenvalue weighted by atomic mass is 35.5. The number of carbonyl (C=O) groups is 3. The molecule has 9 nitrogen and oxygen atoms in total. The lowest BCUT2D eigenvalue weighted by molar-refractivity contribution is -0.134. The third-order valence-electron chi connectivity index (χ3n) is 5.13. The number of hydrogen-bond donors (Lipinski definition) is 2. The molecule has 3 rings (SSSR count). The lowest BCUT2D eigenvalue weighted by Gasteiger charge is -2.09. The van der Waals surface area contributed by atoms with Gasteiger partial charge in [0, 0.05) is 16.5 Å². The number of nitrogens with one attached hydrogen (secondary N) is 2. The van der Waals surface area contributed by atoms with Gasteiger partial charge in [0.25, 0.3) is 11.8 Å². The van der Waals surface area contributed by atoms with Crippen LogP contribution in [-0.2, 0) is 14.4 Å². The number of hydrazone groups is 1. The monoisotopic (exact) mass is 605 g/mol. The van der Waals surface area contributed by atoms with Crippen molar-refractivity contribution in [2.45, 2.75) is 19.8 Å². The molecule has 0 saturated carbocycles. The molecule has 0 aliphatic carbocycles. The molecular weight excluding hydrogens is 581 g/mol. The number of aryl methyl sites for hydroxylation is 1. The normalized spacial score (nSPS) is 10.7. The van der Waals surface area contributed by atoms with E-state index in [1.807, 2.05) is 6.92 Å². The van der Waals surface area contributed by atoms with E-state index in [0.717, 1.165) is 5.56 Å². The number of esters is 1. The lowest BCUT2D eigenvalue weighted by atomic mass is 10.2. The van der Waals surface area contributed by atoms with Crippen molar-refractivity contribution >= 4 is 58.8 Å².